The zero-order valence-corrected chi connectivity index (χ0v) is 13.7. The quantitative estimate of drug-likeness (QED) is 0.831. The summed E-state index contributed by atoms with van der Waals surface area (Å²) >= 11 is 13.3. The second kappa shape index (κ2) is 7.12. The third-order valence-corrected chi connectivity index (χ3v) is 5.50. The van der Waals surface area contributed by atoms with E-state index < -0.39 is 0 Å². The van der Waals surface area contributed by atoms with Crippen LogP contribution in [0.3, 0.4) is 0 Å². The first-order valence-electron chi connectivity index (χ1n) is 6.99. The molecule has 1 amide bonds. The van der Waals surface area contributed by atoms with Crippen molar-refractivity contribution in [1.29, 1.82) is 0 Å². The van der Waals surface area contributed by atoms with Crippen molar-refractivity contribution in [3.8, 4) is 0 Å². The van der Waals surface area contributed by atoms with Crippen molar-refractivity contribution >= 4 is 40.4 Å². The minimum absolute atomic E-state index is 0.0924. The molecule has 2 rings (SSSR count). The molecule has 0 atom stereocenters. The van der Waals surface area contributed by atoms with Crippen LogP contribution >= 0.6 is 34.5 Å². The zero-order valence-electron chi connectivity index (χ0n) is 11.4. The van der Waals surface area contributed by atoms with Crippen molar-refractivity contribution in [2.75, 3.05) is 6.54 Å². The summed E-state index contributed by atoms with van der Waals surface area (Å²) in [6, 6.07) is 1.88. The monoisotopic (exact) mass is 334 g/mol. The number of rotatable bonds is 6. The highest BCUT2D eigenvalue weighted by Gasteiger charge is 2.33. The Balaban J connectivity index is 1.76. The Labute approximate surface area is 133 Å². The van der Waals surface area contributed by atoms with Crippen molar-refractivity contribution in [1.82, 2.24) is 5.32 Å². The molecule has 1 aliphatic carbocycles. The molecule has 1 aromatic rings. The third-order valence-electron chi connectivity index (χ3n) is 3.93. The molecule has 3 nitrogen and oxygen atoms in total. The van der Waals surface area contributed by atoms with Crippen molar-refractivity contribution < 1.29 is 4.79 Å². The van der Waals surface area contributed by atoms with Crippen LogP contribution in [0.2, 0.25) is 8.67 Å². The number of carbonyl (C=O) groups excluding carboxylic acids is 1. The number of nitrogens with one attached hydrogen (secondary N) is 1. The van der Waals surface area contributed by atoms with Gasteiger partial charge in [0.2, 0.25) is 5.91 Å². The van der Waals surface area contributed by atoms with E-state index in [1.54, 1.807) is 0 Å². The maximum Gasteiger partial charge on any atom is 0.220 e. The first kappa shape index (κ1) is 16.1. The van der Waals surface area contributed by atoms with Crippen LogP contribution in [-0.2, 0) is 11.2 Å². The van der Waals surface area contributed by atoms with Gasteiger partial charge in [-0.15, -0.1) is 11.3 Å². The largest absolute Gasteiger partial charge is 0.349 e. The standard InChI is InChI=1S/C14H20Cl2N2OS/c15-11-8-10(13(16)20-11)4-3-5-12(19)18-14(9-17)6-1-2-7-14/h8H,1-7,9,17H2,(H,18,19). The fourth-order valence-electron chi connectivity index (χ4n) is 2.77. The summed E-state index contributed by atoms with van der Waals surface area (Å²) in [4.78, 5) is 12.0. The second-order valence-electron chi connectivity index (χ2n) is 5.44. The van der Waals surface area contributed by atoms with E-state index in [4.69, 9.17) is 28.9 Å². The molecule has 1 aliphatic rings. The molecule has 1 aromatic heterocycles. The van der Waals surface area contributed by atoms with Gasteiger partial charge in [-0.1, -0.05) is 36.0 Å². The smallest absolute Gasteiger partial charge is 0.220 e. The highest BCUT2D eigenvalue weighted by atomic mass is 35.5. The first-order valence-corrected chi connectivity index (χ1v) is 8.57. The van der Waals surface area contributed by atoms with Gasteiger partial charge in [0.05, 0.1) is 14.2 Å². The number of amides is 1. The Hall–Kier alpha value is -0.290. The molecule has 3 N–H and O–H groups in total. The van der Waals surface area contributed by atoms with Gasteiger partial charge in [-0.2, -0.15) is 0 Å². The Morgan fingerprint density at radius 1 is 1.40 bits per heavy atom. The minimum atomic E-state index is -0.152. The van der Waals surface area contributed by atoms with E-state index in [9.17, 15) is 4.79 Å². The molecule has 1 saturated carbocycles. The summed E-state index contributed by atoms with van der Waals surface area (Å²) in [6.45, 7) is 0.532. The van der Waals surface area contributed by atoms with Crippen LogP contribution < -0.4 is 11.1 Å². The fraction of sp³-hybridized carbons (Fsp3) is 0.643. The van der Waals surface area contributed by atoms with Gasteiger partial charge in [0.15, 0.2) is 0 Å². The minimum Gasteiger partial charge on any atom is -0.349 e. The number of hydrogen-bond donors (Lipinski definition) is 2. The predicted octanol–water partition coefficient (Wildman–Crippen LogP) is 3.77. The molecule has 112 valence electrons. The van der Waals surface area contributed by atoms with Gasteiger partial charge in [0.25, 0.3) is 0 Å². The molecule has 0 bridgehead atoms. The topological polar surface area (TPSA) is 55.1 Å². The number of hydrogen-bond acceptors (Lipinski definition) is 3. The van der Waals surface area contributed by atoms with E-state index in [0.717, 1.165) is 48.4 Å². The molecular formula is C14H20Cl2N2OS. The molecule has 6 heteroatoms. The van der Waals surface area contributed by atoms with E-state index in [2.05, 4.69) is 5.32 Å². The number of aryl methyl sites for hydroxylation is 1. The van der Waals surface area contributed by atoms with E-state index in [1.165, 1.54) is 11.3 Å². The van der Waals surface area contributed by atoms with E-state index in [-0.39, 0.29) is 11.4 Å². The van der Waals surface area contributed by atoms with Gasteiger partial charge >= 0.3 is 0 Å². The predicted molar refractivity (Wildman–Crippen MR) is 85.7 cm³/mol. The third kappa shape index (κ3) is 4.10. The molecule has 1 fully saturated rings. The van der Waals surface area contributed by atoms with Gasteiger partial charge in [-0.25, -0.2) is 0 Å². The summed E-state index contributed by atoms with van der Waals surface area (Å²) in [6.07, 6.45) is 6.37. The normalized spacial score (nSPS) is 17.4. The Morgan fingerprint density at radius 3 is 2.65 bits per heavy atom. The van der Waals surface area contributed by atoms with E-state index in [0.29, 0.717) is 17.3 Å². The molecule has 0 aliphatic heterocycles. The maximum absolute atomic E-state index is 12.0. The lowest BCUT2D eigenvalue weighted by Gasteiger charge is -2.28. The van der Waals surface area contributed by atoms with Crippen LogP contribution in [0.5, 0.6) is 0 Å². The number of halogens is 2. The van der Waals surface area contributed by atoms with Crippen molar-refractivity contribution in [3.05, 3.63) is 20.3 Å². The molecule has 0 unspecified atom stereocenters. The van der Waals surface area contributed by atoms with Crippen LogP contribution in [-0.4, -0.2) is 18.0 Å². The van der Waals surface area contributed by atoms with Crippen LogP contribution in [0.4, 0.5) is 0 Å². The molecule has 0 spiro atoms. The Bertz CT molecular complexity index is 470. The molecule has 0 radical (unpaired) electrons. The highest BCUT2D eigenvalue weighted by molar-refractivity contribution is 7.20. The summed E-state index contributed by atoms with van der Waals surface area (Å²) in [7, 11) is 0. The number of nitrogens with two attached hydrogens (primary N) is 1. The lowest BCUT2D eigenvalue weighted by Crippen LogP contribution is -2.51. The van der Waals surface area contributed by atoms with Crippen molar-refractivity contribution in [2.24, 2.45) is 5.73 Å². The van der Waals surface area contributed by atoms with Gasteiger partial charge in [0.1, 0.15) is 0 Å². The fourth-order valence-corrected chi connectivity index (χ4v) is 4.32. The van der Waals surface area contributed by atoms with Crippen LogP contribution in [0.15, 0.2) is 6.07 Å². The van der Waals surface area contributed by atoms with Gasteiger partial charge in [-0.3, -0.25) is 4.79 Å². The van der Waals surface area contributed by atoms with Crippen LogP contribution in [0.25, 0.3) is 0 Å². The lowest BCUT2D eigenvalue weighted by atomic mass is 9.97. The van der Waals surface area contributed by atoms with Gasteiger partial charge in [-0.05, 0) is 37.3 Å². The first-order chi connectivity index (χ1) is 9.54. The average molecular weight is 335 g/mol. The molecule has 0 aromatic carbocycles. The van der Waals surface area contributed by atoms with Gasteiger partial charge < -0.3 is 11.1 Å². The van der Waals surface area contributed by atoms with Gasteiger partial charge in [0, 0.05) is 13.0 Å². The summed E-state index contributed by atoms with van der Waals surface area (Å²) < 4.78 is 1.42. The number of thiophene rings is 1. The summed E-state index contributed by atoms with van der Waals surface area (Å²) in [5.74, 6) is 0.0924. The Morgan fingerprint density at radius 2 is 2.10 bits per heavy atom. The van der Waals surface area contributed by atoms with E-state index in [1.807, 2.05) is 6.07 Å². The maximum atomic E-state index is 12.0. The van der Waals surface area contributed by atoms with E-state index >= 15 is 0 Å². The summed E-state index contributed by atoms with van der Waals surface area (Å²) in [5.41, 5.74) is 6.69. The van der Waals surface area contributed by atoms with Crippen LogP contribution in [0.1, 0.15) is 44.1 Å². The summed E-state index contributed by atoms with van der Waals surface area (Å²) in [5, 5.41) is 3.13. The molecule has 20 heavy (non-hydrogen) atoms. The highest BCUT2D eigenvalue weighted by Crippen LogP contribution is 2.32. The molecule has 0 saturated heterocycles. The molecular weight excluding hydrogens is 315 g/mol. The Kier molecular flexibility index (Phi) is 5.73. The SMILES string of the molecule is NCC1(NC(=O)CCCc2cc(Cl)sc2Cl)CCCC1. The van der Waals surface area contributed by atoms with Crippen molar-refractivity contribution in [2.45, 2.75) is 50.5 Å². The zero-order chi connectivity index (χ0) is 14.6. The average Bonchev–Trinajstić information content (AvgIpc) is 2.98. The molecule has 1 heterocycles. The second-order valence-corrected chi connectivity index (χ2v) is 7.73. The van der Waals surface area contributed by atoms with Crippen LogP contribution in [0, 0.1) is 0 Å². The van der Waals surface area contributed by atoms with Crippen molar-refractivity contribution in [3.63, 3.8) is 0 Å². The lowest BCUT2D eigenvalue weighted by molar-refractivity contribution is -0.123. The number of carbonyl (C=O) groups is 1.